The first kappa shape index (κ1) is 26.3. The zero-order valence-electron chi connectivity index (χ0n) is 20.8. The first-order valence-corrected chi connectivity index (χ1v) is 12.0. The molecule has 35 heavy (non-hydrogen) atoms. The van der Waals surface area contributed by atoms with Gasteiger partial charge in [-0.25, -0.2) is 9.78 Å². The highest BCUT2D eigenvalue weighted by atomic mass is 16.5. The molecule has 0 saturated heterocycles. The molecule has 1 fully saturated rings. The van der Waals surface area contributed by atoms with Crippen LogP contribution >= 0.6 is 0 Å². The van der Waals surface area contributed by atoms with Crippen molar-refractivity contribution >= 4 is 11.9 Å². The minimum Gasteiger partial charge on any atom is -0.497 e. The van der Waals surface area contributed by atoms with Gasteiger partial charge >= 0.3 is 5.97 Å². The van der Waals surface area contributed by atoms with Gasteiger partial charge in [-0.3, -0.25) is 4.79 Å². The van der Waals surface area contributed by atoms with Crippen LogP contribution in [0.5, 0.6) is 5.75 Å². The van der Waals surface area contributed by atoms with Gasteiger partial charge in [0.2, 0.25) is 11.8 Å². The number of rotatable bonds is 9. The van der Waals surface area contributed by atoms with Crippen LogP contribution in [0.25, 0.3) is 11.5 Å². The van der Waals surface area contributed by atoms with Crippen LogP contribution in [-0.4, -0.2) is 41.7 Å². The Hall–Kier alpha value is -3.31. The highest BCUT2D eigenvalue weighted by Crippen LogP contribution is 2.30. The molecule has 1 amide bonds. The van der Waals surface area contributed by atoms with E-state index in [9.17, 15) is 14.7 Å². The van der Waals surface area contributed by atoms with Crippen molar-refractivity contribution in [1.29, 1.82) is 0 Å². The molecule has 1 aromatic heterocycles. The number of aryl methyl sites for hydroxylation is 1. The van der Waals surface area contributed by atoms with Crippen molar-refractivity contribution in [3.05, 3.63) is 35.7 Å². The Labute approximate surface area is 206 Å². The second-order valence-corrected chi connectivity index (χ2v) is 9.22. The summed E-state index contributed by atoms with van der Waals surface area (Å²) < 4.78 is 17.0. The quantitative estimate of drug-likeness (QED) is 0.515. The maximum absolute atomic E-state index is 12.7. The number of hydrogen-bond donors (Lipinski definition) is 2. The van der Waals surface area contributed by atoms with Gasteiger partial charge in [-0.2, -0.15) is 0 Å². The van der Waals surface area contributed by atoms with E-state index in [0.29, 0.717) is 31.3 Å². The van der Waals surface area contributed by atoms with Gasteiger partial charge in [0.05, 0.1) is 13.7 Å². The summed E-state index contributed by atoms with van der Waals surface area (Å²) in [6.45, 7) is 6.43. The number of carboxylic acid groups (broad SMARTS) is 1. The number of carbonyl (C=O) groups excluding carboxylic acids is 1. The van der Waals surface area contributed by atoms with Crippen molar-refractivity contribution in [2.45, 2.75) is 59.1 Å². The summed E-state index contributed by atoms with van der Waals surface area (Å²) in [6, 6.07) is 6.34. The number of carboxylic acids is 1. The van der Waals surface area contributed by atoms with Crippen molar-refractivity contribution in [2.75, 3.05) is 13.7 Å². The van der Waals surface area contributed by atoms with Crippen molar-refractivity contribution < 1.29 is 28.6 Å². The number of benzene rings is 1. The third kappa shape index (κ3) is 7.59. The lowest BCUT2D eigenvalue weighted by Crippen LogP contribution is -2.44. The fourth-order valence-electron chi connectivity index (χ4n) is 4.11. The molecule has 3 atom stereocenters. The Bertz CT molecular complexity index is 1080. The van der Waals surface area contributed by atoms with Gasteiger partial charge in [0, 0.05) is 24.0 Å². The smallest absolute Gasteiger partial charge is 0.338 e. The minimum absolute atomic E-state index is 0.0323. The van der Waals surface area contributed by atoms with E-state index in [1.807, 2.05) is 45.0 Å². The van der Waals surface area contributed by atoms with E-state index in [-0.39, 0.29) is 23.7 Å². The number of oxazole rings is 1. The average molecular weight is 483 g/mol. The predicted octanol–water partition coefficient (Wildman–Crippen LogP) is 4.21. The van der Waals surface area contributed by atoms with E-state index in [1.54, 1.807) is 7.11 Å². The summed E-state index contributed by atoms with van der Waals surface area (Å²) in [5.74, 6) is 6.03. The average Bonchev–Trinajstić information content (AvgIpc) is 3.22. The summed E-state index contributed by atoms with van der Waals surface area (Å²) in [5.41, 5.74) is 1.57. The molecule has 2 unspecified atom stereocenters. The summed E-state index contributed by atoms with van der Waals surface area (Å²) in [5, 5.41) is 12.0. The van der Waals surface area contributed by atoms with Crippen molar-refractivity contribution in [3.63, 3.8) is 0 Å². The van der Waals surface area contributed by atoms with Crippen molar-refractivity contribution in [3.8, 4) is 29.0 Å². The Kier molecular flexibility index (Phi) is 9.32. The topological polar surface area (TPSA) is 111 Å². The first-order valence-electron chi connectivity index (χ1n) is 12.0. The number of amides is 1. The van der Waals surface area contributed by atoms with Crippen LogP contribution in [0.2, 0.25) is 0 Å². The van der Waals surface area contributed by atoms with Gasteiger partial charge in [-0.15, -0.1) is 0 Å². The maximum Gasteiger partial charge on any atom is 0.338 e. The van der Waals surface area contributed by atoms with E-state index >= 15 is 0 Å². The molecule has 1 heterocycles. The standard InChI is InChI=1S/C27H34N2O6/c1-17(2)11-12-23(27(31)32)28-25(30)20-8-5-7-19(13-20)15-34-16-24-18(3)35-26(29-24)21-9-6-10-22(14-21)33-4/h6,9-10,14,17,19-20,23H,5,7-8,13,15-16H2,1-4H3,(H,28,30)(H,31,32)/t19?,20?,23-/m0/s1. The highest BCUT2D eigenvalue weighted by molar-refractivity contribution is 5.87. The maximum atomic E-state index is 12.7. The molecule has 2 N–H and O–H groups in total. The Morgan fingerprint density at radius 2 is 2.09 bits per heavy atom. The van der Waals surface area contributed by atoms with Crippen molar-refractivity contribution in [2.24, 2.45) is 17.8 Å². The summed E-state index contributed by atoms with van der Waals surface area (Å²) in [7, 11) is 1.62. The lowest BCUT2D eigenvalue weighted by molar-refractivity contribution is -0.141. The highest BCUT2D eigenvalue weighted by Gasteiger charge is 2.30. The van der Waals surface area contributed by atoms with Crippen LogP contribution < -0.4 is 10.1 Å². The van der Waals surface area contributed by atoms with E-state index in [2.05, 4.69) is 22.1 Å². The van der Waals surface area contributed by atoms with Gasteiger partial charge in [0.15, 0.2) is 6.04 Å². The fraction of sp³-hybridized carbons (Fsp3) is 0.519. The molecule has 1 aliphatic carbocycles. The first-order chi connectivity index (χ1) is 16.8. The molecular weight excluding hydrogens is 448 g/mol. The number of aliphatic carboxylic acids is 1. The molecule has 1 aromatic carbocycles. The molecular formula is C27H34N2O6. The second kappa shape index (κ2) is 12.4. The Morgan fingerprint density at radius 3 is 2.80 bits per heavy atom. The second-order valence-electron chi connectivity index (χ2n) is 9.22. The monoisotopic (exact) mass is 482 g/mol. The molecule has 188 valence electrons. The molecule has 1 aliphatic rings. The van der Waals surface area contributed by atoms with Gasteiger partial charge in [0.1, 0.15) is 17.2 Å². The lowest BCUT2D eigenvalue weighted by atomic mass is 9.81. The SMILES string of the molecule is COc1cccc(-c2nc(COCC3CCCC(C(=O)N[C@@H](C#CC(C)C)C(=O)O)C3)c(C)o2)c1. The third-order valence-corrected chi connectivity index (χ3v) is 6.01. The normalized spacial score (nSPS) is 18.4. The molecule has 8 nitrogen and oxygen atoms in total. The predicted molar refractivity (Wildman–Crippen MR) is 131 cm³/mol. The molecule has 0 aliphatic heterocycles. The molecule has 1 saturated carbocycles. The number of nitrogens with zero attached hydrogens (tertiary/aromatic N) is 1. The molecule has 2 aromatic rings. The van der Waals surface area contributed by atoms with Crippen LogP contribution in [0.15, 0.2) is 28.7 Å². The molecule has 3 rings (SSSR count). The lowest BCUT2D eigenvalue weighted by Gasteiger charge is -2.28. The van der Waals surface area contributed by atoms with Crippen LogP contribution in [-0.2, 0) is 20.9 Å². The van der Waals surface area contributed by atoms with Crippen molar-refractivity contribution in [1.82, 2.24) is 10.3 Å². The number of nitrogens with one attached hydrogen (secondary N) is 1. The number of ether oxygens (including phenoxy) is 2. The molecule has 8 heteroatoms. The van der Waals surface area contributed by atoms with E-state index in [4.69, 9.17) is 13.9 Å². The largest absolute Gasteiger partial charge is 0.497 e. The summed E-state index contributed by atoms with van der Waals surface area (Å²) in [4.78, 5) is 28.8. The zero-order valence-corrected chi connectivity index (χ0v) is 20.8. The fourth-order valence-corrected chi connectivity index (χ4v) is 4.11. The number of carbonyl (C=O) groups is 2. The number of methoxy groups -OCH3 is 1. The van der Waals surface area contributed by atoms with Gasteiger partial charge in [-0.05, 0) is 50.3 Å². The zero-order chi connectivity index (χ0) is 25.4. The molecule has 0 spiro atoms. The van der Waals surface area contributed by atoms with Crippen LogP contribution in [0.1, 0.15) is 51.0 Å². The Balaban J connectivity index is 1.52. The minimum atomic E-state index is -1.18. The van der Waals surface area contributed by atoms with Gasteiger partial charge < -0.3 is 24.3 Å². The Morgan fingerprint density at radius 1 is 1.29 bits per heavy atom. The van der Waals surface area contributed by atoms with Gasteiger partial charge in [-0.1, -0.05) is 38.2 Å². The van der Waals surface area contributed by atoms with E-state index < -0.39 is 12.0 Å². The van der Waals surface area contributed by atoms with E-state index in [0.717, 1.165) is 36.3 Å². The summed E-state index contributed by atoms with van der Waals surface area (Å²) in [6.07, 6.45) is 3.25. The van der Waals surface area contributed by atoms with E-state index in [1.165, 1.54) is 0 Å². The van der Waals surface area contributed by atoms with Crippen LogP contribution in [0.3, 0.4) is 0 Å². The van der Waals surface area contributed by atoms with Crippen LogP contribution in [0.4, 0.5) is 0 Å². The summed E-state index contributed by atoms with van der Waals surface area (Å²) >= 11 is 0. The number of aromatic nitrogens is 1. The number of hydrogen-bond acceptors (Lipinski definition) is 6. The molecule has 0 bridgehead atoms. The third-order valence-electron chi connectivity index (χ3n) is 6.01. The molecule has 0 radical (unpaired) electrons. The van der Waals surface area contributed by atoms with Crippen LogP contribution in [0, 0.1) is 36.5 Å². The van der Waals surface area contributed by atoms with Gasteiger partial charge in [0.25, 0.3) is 0 Å².